The number of aliphatic imine (C=N–C) groups is 1. The summed E-state index contributed by atoms with van der Waals surface area (Å²) in [4.78, 5) is 19.5. The lowest BCUT2D eigenvalue weighted by molar-refractivity contribution is -0.121. The van der Waals surface area contributed by atoms with Crippen molar-refractivity contribution in [1.82, 2.24) is 4.90 Å². The number of rotatable bonds is 6. The summed E-state index contributed by atoms with van der Waals surface area (Å²) < 4.78 is 24.7. The minimum atomic E-state index is -0.306. The molecule has 0 bridgehead atoms. The van der Waals surface area contributed by atoms with Gasteiger partial charge in [0.2, 0.25) is 0 Å². The van der Waals surface area contributed by atoms with Gasteiger partial charge in [-0.2, -0.15) is 0 Å². The standard InChI is InChI=1S/C26H23FN2O3S/c1-17-7-10-21(11-8-17)28-26-29(2)25(30)24(33-26)15-18-9-12-22(23(14-18)31-3)32-16-19-5-4-6-20(27)13-19/h4-15H,16H2,1-3H3/b24-15+,28-26?. The van der Waals surface area contributed by atoms with Gasteiger partial charge in [-0.3, -0.25) is 9.69 Å². The lowest BCUT2D eigenvalue weighted by atomic mass is 10.2. The molecule has 3 aromatic carbocycles. The number of carbonyl (C=O) groups is 1. The lowest BCUT2D eigenvalue weighted by Crippen LogP contribution is -2.23. The maximum Gasteiger partial charge on any atom is 0.266 e. The van der Waals surface area contributed by atoms with E-state index in [0.717, 1.165) is 22.4 Å². The highest BCUT2D eigenvalue weighted by Crippen LogP contribution is 2.35. The van der Waals surface area contributed by atoms with E-state index in [1.54, 1.807) is 49.4 Å². The fourth-order valence-electron chi connectivity index (χ4n) is 3.21. The summed E-state index contributed by atoms with van der Waals surface area (Å²) in [6.45, 7) is 2.23. The van der Waals surface area contributed by atoms with Crippen LogP contribution in [0.2, 0.25) is 0 Å². The predicted octanol–water partition coefficient (Wildman–Crippen LogP) is 5.96. The number of halogens is 1. The Bertz CT molecular complexity index is 1240. The molecular formula is C26H23FN2O3S. The molecule has 0 aromatic heterocycles. The Labute approximate surface area is 196 Å². The van der Waals surface area contributed by atoms with E-state index in [1.807, 2.05) is 37.3 Å². The van der Waals surface area contributed by atoms with Crippen LogP contribution in [0.5, 0.6) is 11.5 Å². The molecule has 0 atom stereocenters. The van der Waals surface area contributed by atoms with Crippen molar-refractivity contribution in [3.63, 3.8) is 0 Å². The summed E-state index contributed by atoms with van der Waals surface area (Å²) in [5.41, 5.74) is 3.47. The Hall–Kier alpha value is -3.58. The maximum absolute atomic E-state index is 13.4. The number of carbonyl (C=O) groups excluding carboxylic acids is 1. The number of nitrogens with zero attached hydrogens (tertiary/aromatic N) is 2. The second kappa shape index (κ2) is 9.92. The van der Waals surface area contributed by atoms with E-state index in [9.17, 15) is 9.18 Å². The van der Waals surface area contributed by atoms with E-state index in [2.05, 4.69) is 4.99 Å². The molecule has 7 heteroatoms. The number of hydrogen-bond donors (Lipinski definition) is 0. The van der Waals surface area contributed by atoms with Crippen molar-refractivity contribution in [3.8, 4) is 11.5 Å². The Balaban J connectivity index is 1.52. The first-order valence-corrected chi connectivity index (χ1v) is 11.1. The summed E-state index contributed by atoms with van der Waals surface area (Å²) in [7, 11) is 3.27. The maximum atomic E-state index is 13.4. The van der Waals surface area contributed by atoms with Gasteiger partial charge in [0, 0.05) is 7.05 Å². The largest absolute Gasteiger partial charge is 0.493 e. The number of ether oxygens (including phenoxy) is 2. The lowest BCUT2D eigenvalue weighted by Gasteiger charge is -2.11. The molecule has 1 aliphatic heterocycles. The van der Waals surface area contributed by atoms with E-state index >= 15 is 0 Å². The number of methoxy groups -OCH3 is 1. The van der Waals surface area contributed by atoms with Crippen LogP contribution in [0.3, 0.4) is 0 Å². The van der Waals surface area contributed by atoms with E-state index in [0.29, 0.717) is 21.6 Å². The van der Waals surface area contributed by atoms with E-state index < -0.39 is 0 Å². The van der Waals surface area contributed by atoms with Crippen molar-refractivity contribution in [3.05, 3.63) is 94.1 Å². The molecule has 1 saturated heterocycles. The molecule has 1 heterocycles. The Morgan fingerprint density at radius 2 is 1.85 bits per heavy atom. The molecule has 1 fully saturated rings. The molecular weight excluding hydrogens is 439 g/mol. The number of hydrogen-bond acceptors (Lipinski definition) is 5. The Kier molecular flexibility index (Phi) is 6.79. The van der Waals surface area contributed by atoms with E-state index in [4.69, 9.17) is 9.47 Å². The summed E-state index contributed by atoms with van der Waals surface area (Å²) in [6.07, 6.45) is 1.81. The highest BCUT2D eigenvalue weighted by molar-refractivity contribution is 8.18. The zero-order chi connectivity index (χ0) is 23.4. The minimum Gasteiger partial charge on any atom is -0.493 e. The number of amides is 1. The molecule has 1 amide bonds. The highest BCUT2D eigenvalue weighted by Gasteiger charge is 2.30. The number of amidine groups is 1. The number of likely N-dealkylation sites (N-methyl/N-ethyl adjacent to an activating group) is 1. The van der Waals surface area contributed by atoms with E-state index in [-0.39, 0.29) is 18.3 Å². The van der Waals surface area contributed by atoms with Crippen LogP contribution in [0.15, 0.2) is 76.6 Å². The van der Waals surface area contributed by atoms with Crippen molar-refractivity contribution < 1.29 is 18.7 Å². The quantitative estimate of drug-likeness (QED) is 0.425. The van der Waals surface area contributed by atoms with Gasteiger partial charge in [0.05, 0.1) is 17.7 Å². The van der Waals surface area contributed by atoms with Gasteiger partial charge in [0.1, 0.15) is 12.4 Å². The molecule has 0 N–H and O–H groups in total. The fourth-order valence-corrected chi connectivity index (χ4v) is 4.20. The van der Waals surface area contributed by atoms with Crippen molar-refractivity contribution in [1.29, 1.82) is 0 Å². The Morgan fingerprint density at radius 3 is 2.58 bits per heavy atom. The Morgan fingerprint density at radius 1 is 1.06 bits per heavy atom. The minimum absolute atomic E-state index is 0.115. The first-order chi connectivity index (χ1) is 15.9. The van der Waals surface area contributed by atoms with Crippen molar-refractivity contribution in [2.75, 3.05) is 14.2 Å². The van der Waals surface area contributed by atoms with Crippen LogP contribution in [-0.2, 0) is 11.4 Å². The first-order valence-electron chi connectivity index (χ1n) is 10.3. The molecule has 0 saturated carbocycles. The van der Waals surface area contributed by atoms with Gasteiger partial charge >= 0.3 is 0 Å². The topological polar surface area (TPSA) is 51.1 Å². The van der Waals surface area contributed by atoms with Crippen LogP contribution in [-0.4, -0.2) is 30.1 Å². The molecule has 0 spiro atoms. The summed E-state index contributed by atoms with van der Waals surface area (Å²) in [5, 5.41) is 0.622. The van der Waals surface area contributed by atoms with Crippen molar-refractivity contribution in [2.45, 2.75) is 13.5 Å². The van der Waals surface area contributed by atoms with Crippen molar-refractivity contribution >= 4 is 34.6 Å². The predicted molar refractivity (Wildman–Crippen MR) is 130 cm³/mol. The smallest absolute Gasteiger partial charge is 0.266 e. The van der Waals surface area contributed by atoms with Crippen LogP contribution in [0, 0.1) is 12.7 Å². The zero-order valence-corrected chi connectivity index (χ0v) is 19.4. The van der Waals surface area contributed by atoms with Crippen LogP contribution >= 0.6 is 11.8 Å². The average molecular weight is 463 g/mol. The molecule has 1 aliphatic rings. The van der Waals surface area contributed by atoms with Crippen LogP contribution in [0.1, 0.15) is 16.7 Å². The summed E-state index contributed by atoms with van der Waals surface area (Å²) in [5.74, 6) is 0.640. The molecule has 3 aromatic rings. The van der Waals surface area contributed by atoms with Crippen LogP contribution in [0.25, 0.3) is 6.08 Å². The zero-order valence-electron chi connectivity index (χ0n) is 18.5. The number of aryl methyl sites for hydroxylation is 1. The summed E-state index contributed by atoms with van der Waals surface area (Å²) >= 11 is 1.33. The molecule has 4 rings (SSSR count). The molecule has 0 aliphatic carbocycles. The average Bonchev–Trinajstić information content (AvgIpc) is 3.07. The second-order valence-electron chi connectivity index (χ2n) is 7.53. The first kappa shape index (κ1) is 22.6. The fraction of sp³-hybridized carbons (Fsp3) is 0.154. The van der Waals surface area contributed by atoms with Gasteiger partial charge in [-0.15, -0.1) is 0 Å². The third kappa shape index (κ3) is 5.43. The molecule has 168 valence electrons. The number of thioether (sulfide) groups is 1. The number of benzene rings is 3. The van der Waals surface area contributed by atoms with Gasteiger partial charge < -0.3 is 9.47 Å². The molecule has 0 radical (unpaired) electrons. The SMILES string of the molecule is COc1cc(/C=C2/SC(=Nc3ccc(C)cc3)N(C)C2=O)ccc1OCc1cccc(F)c1. The molecule has 5 nitrogen and oxygen atoms in total. The van der Waals surface area contributed by atoms with Crippen molar-refractivity contribution in [2.24, 2.45) is 4.99 Å². The van der Waals surface area contributed by atoms with Crippen LogP contribution < -0.4 is 9.47 Å². The monoisotopic (exact) mass is 462 g/mol. The van der Waals surface area contributed by atoms with Gasteiger partial charge in [-0.25, -0.2) is 9.38 Å². The van der Waals surface area contributed by atoms with Crippen LogP contribution in [0.4, 0.5) is 10.1 Å². The third-order valence-electron chi connectivity index (χ3n) is 5.03. The second-order valence-corrected chi connectivity index (χ2v) is 8.54. The normalized spacial score (nSPS) is 16.0. The van der Waals surface area contributed by atoms with Gasteiger partial charge in [0.25, 0.3) is 5.91 Å². The highest BCUT2D eigenvalue weighted by atomic mass is 32.2. The third-order valence-corrected chi connectivity index (χ3v) is 6.09. The van der Waals surface area contributed by atoms with E-state index in [1.165, 1.54) is 23.9 Å². The van der Waals surface area contributed by atoms with Gasteiger partial charge in [-0.1, -0.05) is 35.9 Å². The van der Waals surface area contributed by atoms with Gasteiger partial charge in [-0.05, 0) is 72.3 Å². The van der Waals surface area contributed by atoms with Gasteiger partial charge in [0.15, 0.2) is 16.7 Å². The molecule has 0 unspecified atom stereocenters. The molecule has 33 heavy (non-hydrogen) atoms. The summed E-state index contributed by atoms with van der Waals surface area (Å²) in [6, 6.07) is 19.5.